The molecule has 0 aromatic heterocycles. The van der Waals surface area contributed by atoms with E-state index in [1.807, 2.05) is 6.92 Å². The van der Waals surface area contributed by atoms with E-state index in [1.54, 1.807) is 13.8 Å². The minimum Gasteiger partial charge on any atom is -0.496 e. The van der Waals surface area contributed by atoms with Crippen molar-refractivity contribution in [1.82, 2.24) is 4.90 Å². The standard InChI is InChI=1S/C17H20N2O6/c1-4-24-11-8-14(20)18(9-11)15-12-7-10(19(22)23)5-6-13(12)25-17(2,3)16(15)21/h5-8,15-16,21H,4,9H2,1-3H3/t15-,16+/m0/s1. The number of benzene rings is 1. The number of amides is 1. The summed E-state index contributed by atoms with van der Waals surface area (Å²) >= 11 is 0. The number of aliphatic hydroxyl groups excluding tert-OH is 1. The highest BCUT2D eigenvalue weighted by Gasteiger charge is 2.48. The molecule has 2 aliphatic rings. The number of aliphatic hydroxyl groups is 1. The predicted molar refractivity (Wildman–Crippen MR) is 88.0 cm³/mol. The molecule has 1 aromatic rings. The van der Waals surface area contributed by atoms with Gasteiger partial charge < -0.3 is 19.5 Å². The Morgan fingerprint density at radius 3 is 2.84 bits per heavy atom. The summed E-state index contributed by atoms with van der Waals surface area (Å²) < 4.78 is 11.2. The maximum atomic E-state index is 12.4. The van der Waals surface area contributed by atoms with Gasteiger partial charge in [0.2, 0.25) is 0 Å². The van der Waals surface area contributed by atoms with E-state index >= 15 is 0 Å². The quantitative estimate of drug-likeness (QED) is 0.659. The normalized spacial score (nSPS) is 24.4. The first kappa shape index (κ1) is 17.2. The van der Waals surface area contributed by atoms with E-state index in [4.69, 9.17) is 9.47 Å². The molecule has 0 spiro atoms. The average molecular weight is 348 g/mol. The van der Waals surface area contributed by atoms with Crippen LogP contribution in [0.2, 0.25) is 0 Å². The summed E-state index contributed by atoms with van der Waals surface area (Å²) in [6.07, 6.45) is 0.329. The van der Waals surface area contributed by atoms with E-state index in [1.165, 1.54) is 29.2 Å². The van der Waals surface area contributed by atoms with E-state index < -0.39 is 22.7 Å². The van der Waals surface area contributed by atoms with Crippen LogP contribution in [0.4, 0.5) is 5.69 Å². The Hall–Kier alpha value is -2.61. The molecule has 2 atom stereocenters. The van der Waals surface area contributed by atoms with Crippen LogP contribution in [0.25, 0.3) is 0 Å². The van der Waals surface area contributed by atoms with Crippen molar-refractivity contribution in [2.24, 2.45) is 0 Å². The van der Waals surface area contributed by atoms with Crippen molar-refractivity contribution in [3.63, 3.8) is 0 Å². The topological polar surface area (TPSA) is 102 Å². The van der Waals surface area contributed by atoms with Gasteiger partial charge in [-0.1, -0.05) is 0 Å². The number of carbonyl (C=O) groups is 1. The third-order valence-electron chi connectivity index (χ3n) is 4.47. The van der Waals surface area contributed by atoms with Crippen LogP contribution >= 0.6 is 0 Å². The second-order valence-electron chi connectivity index (χ2n) is 6.58. The molecule has 2 aliphatic heterocycles. The Labute approximate surface area is 144 Å². The Bertz CT molecular complexity index is 758. The number of nitro groups is 1. The zero-order valence-corrected chi connectivity index (χ0v) is 14.3. The van der Waals surface area contributed by atoms with Gasteiger partial charge in [-0.25, -0.2) is 0 Å². The van der Waals surface area contributed by atoms with Crippen molar-refractivity contribution in [2.75, 3.05) is 13.2 Å². The van der Waals surface area contributed by atoms with Crippen LogP contribution in [0.5, 0.6) is 5.75 Å². The molecule has 2 heterocycles. The van der Waals surface area contributed by atoms with Crippen LogP contribution in [0, 0.1) is 10.1 Å². The third-order valence-corrected chi connectivity index (χ3v) is 4.47. The number of hydrogen-bond donors (Lipinski definition) is 1. The highest BCUT2D eigenvalue weighted by molar-refractivity contribution is 5.91. The van der Waals surface area contributed by atoms with Crippen molar-refractivity contribution in [2.45, 2.75) is 38.5 Å². The molecule has 8 heteroatoms. The summed E-state index contributed by atoms with van der Waals surface area (Å²) in [6.45, 7) is 5.88. The number of nitrogens with zero attached hydrogens (tertiary/aromatic N) is 2. The molecular weight excluding hydrogens is 328 g/mol. The van der Waals surface area contributed by atoms with Gasteiger partial charge in [0.1, 0.15) is 23.2 Å². The summed E-state index contributed by atoms with van der Waals surface area (Å²) in [5.74, 6) is 0.627. The first-order valence-corrected chi connectivity index (χ1v) is 8.04. The zero-order chi connectivity index (χ0) is 18.4. The molecule has 1 N–H and O–H groups in total. The highest BCUT2D eigenvalue weighted by atomic mass is 16.6. The van der Waals surface area contributed by atoms with Crippen LogP contribution in [-0.4, -0.2) is 45.7 Å². The maximum Gasteiger partial charge on any atom is 0.270 e. The minimum atomic E-state index is -1.06. The molecule has 3 rings (SSSR count). The predicted octanol–water partition coefficient (Wildman–Crippen LogP) is 1.93. The highest BCUT2D eigenvalue weighted by Crippen LogP contribution is 2.45. The third kappa shape index (κ3) is 2.93. The summed E-state index contributed by atoms with van der Waals surface area (Å²) in [5, 5.41) is 21.9. The number of fused-ring (bicyclic) bond motifs is 1. The van der Waals surface area contributed by atoms with Crippen molar-refractivity contribution in [3.8, 4) is 5.75 Å². The number of nitro benzene ring substituents is 1. The van der Waals surface area contributed by atoms with Crippen LogP contribution < -0.4 is 4.74 Å². The van der Waals surface area contributed by atoms with Crippen molar-refractivity contribution < 1.29 is 24.3 Å². The van der Waals surface area contributed by atoms with Gasteiger partial charge in [-0.05, 0) is 26.8 Å². The molecule has 0 saturated heterocycles. The Morgan fingerprint density at radius 2 is 2.20 bits per heavy atom. The lowest BCUT2D eigenvalue weighted by molar-refractivity contribution is -0.385. The van der Waals surface area contributed by atoms with E-state index in [9.17, 15) is 20.0 Å². The van der Waals surface area contributed by atoms with Crippen molar-refractivity contribution in [3.05, 3.63) is 45.7 Å². The molecular formula is C17H20N2O6. The average Bonchev–Trinajstić information content (AvgIpc) is 2.88. The minimum absolute atomic E-state index is 0.121. The molecule has 1 amide bonds. The van der Waals surface area contributed by atoms with Gasteiger partial charge in [0.25, 0.3) is 11.6 Å². The second kappa shape index (κ2) is 6.03. The summed E-state index contributed by atoms with van der Waals surface area (Å²) in [5.41, 5.74) is -0.660. The largest absolute Gasteiger partial charge is 0.496 e. The Kier molecular flexibility index (Phi) is 4.16. The van der Waals surface area contributed by atoms with Gasteiger partial charge in [0.15, 0.2) is 0 Å². The molecule has 0 unspecified atom stereocenters. The Morgan fingerprint density at radius 1 is 1.48 bits per heavy atom. The monoisotopic (exact) mass is 348 g/mol. The molecule has 25 heavy (non-hydrogen) atoms. The van der Waals surface area contributed by atoms with Crippen LogP contribution in [0.1, 0.15) is 32.4 Å². The number of carbonyl (C=O) groups excluding carboxylic acids is 1. The van der Waals surface area contributed by atoms with E-state index in [0.717, 1.165) is 0 Å². The fourth-order valence-corrected chi connectivity index (χ4v) is 3.23. The van der Waals surface area contributed by atoms with E-state index in [-0.39, 0.29) is 18.1 Å². The molecule has 1 aromatic carbocycles. The molecule has 0 bridgehead atoms. The molecule has 0 radical (unpaired) electrons. The summed E-state index contributed by atoms with van der Waals surface area (Å²) in [4.78, 5) is 24.5. The number of rotatable bonds is 4. The van der Waals surface area contributed by atoms with Gasteiger partial charge in [0, 0.05) is 23.8 Å². The van der Waals surface area contributed by atoms with Crippen LogP contribution in [0.15, 0.2) is 30.0 Å². The summed E-state index contributed by atoms with van der Waals surface area (Å²) in [7, 11) is 0. The molecule has 0 fully saturated rings. The van der Waals surface area contributed by atoms with Gasteiger partial charge in [-0.3, -0.25) is 14.9 Å². The lowest BCUT2D eigenvalue weighted by atomic mass is 9.85. The first-order chi connectivity index (χ1) is 11.7. The van der Waals surface area contributed by atoms with Gasteiger partial charge in [0.05, 0.1) is 24.1 Å². The molecule has 0 aliphatic carbocycles. The fraction of sp³-hybridized carbons (Fsp3) is 0.471. The lowest BCUT2D eigenvalue weighted by Crippen LogP contribution is -2.54. The van der Waals surface area contributed by atoms with Crippen LogP contribution in [0.3, 0.4) is 0 Å². The summed E-state index contributed by atoms with van der Waals surface area (Å²) in [6, 6.07) is 3.44. The number of hydrogen-bond acceptors (Lipinski definition) is 6. The second-order valence-corrected chi connectivity index (χ2v) is 6.58. The van der Waals surface area contributed by atoms with Crippen LogP contribution in [-0.2, 0) is 9.53 Å². The van der Waals surface area contributed by atoms with E-state index in [0.29, 0.717) is 23.7 Å². The number of non-ortho nitro benzene ring substituents is 1. The van der Waals surface area contributed by atoms with E-state index in [2.05, 4.69) is 0 Å². The zero-order valence-electron chi connectivity index (χ0n) is 14.3. The maximum absolute atomic E-state index is 12.4. The first-order valence-electron chi connectivity index (χ1n) is 8.04. The van der Waals surface area contributed by atoms with Gasteiger partial charge in [-0.15, -0.1) is 0 Å². The van der Waals surface area contributed by atoms with Gasteiger partial charge in [-0.2, -0.15) is 0 Å². The lowest BCUT2D eigenvalue weighted by Gasteiger charge is -2.45. The molecule has 0 saturated carbocycles. The Balaban J connectivity index is 2.05. The SMILES string of the molecule is CCOC1=CC(=O)N([C@H]2c3cc([N+](=O)[O-])ccc3OC(C)(C)[C@@H]2O)C1. The van der Waals surface area contributed by atoms with Gasteiger partial charge >= 0.3 is 0 Å². The van der Waals surface area contributed by atoms with Crippen molar-refractivity contribution in [1.29, 1.82) is 0 Å². The molecule has 8 nitrogen and oxygen atoms in total. The van der Waals surface area contributed by atoms with Crippen molar-refractivity contribution >= 4 is 11.6 Å². The fourth-order valence-electron chi connectivity index (χ4n) is 3.23. The molecule has 134 valence electrons. The number of ether oxygens (including phenoxy) is 2. The smallest absolute Gasteiger partial charge is 0.270 e.